The highest BCUT2D eigenvalue weighted by Gasteiger charge is 2.29. The van der Waals surface area contributed by atoms with E-state index in [1.54, 1.807) is 43.5 Å². The summed E-state index contributed by atoms with van der Waals surface area (Å²) in [6, 6.07) is 12.7. The van der Waals surface area contributed by atoms with Crippen LogP contribution in [-0.4, -0.2) is 51.0 Å². The van der Waals surface area contributed by atoms with Gasteiger partial charge in [0, 0.05) is 37.1 Å². The number of hydrogen-bond acceptors (Lipinski definition) is 6. The molecule has 29 heavy (non-hydrogen) atoms. The number of hydrogen-bond donors (Lipinski definition) is 0. The first-order chi connectivity index (χ1) is 14.0. The topological polar surface area (TPSA) is 62.7 Å². The molecular weight excluding hydrogens is 413 g/mol. The number of ether oxygens (including phenoxy) is 1. The Labute approximate surface area is 173 Å². The number of aromatic nitrogens is 1. The molecule has 1 aromatic heterocycles. The number of benzene rings is 2. The molecule has 1 aliphatic rings. The predicted octanol–water partition coefficient (Wildman–Crippen LogP) is 3.47. The fourth-order valence-electron chi connectivity index (χ4n) is 3.18. The van der Waals surface area contributed by atoms with Crippen molar-refractivity contribution in [2.24, 2.45) is 0 Å². The van der Waals surface area contributed by atoms with Crippen molar-refractivity contribution in [1.29, 1.82) is 0 Å². The SMILES string of the molecule is COc1ccc(S(=O)(=O)N2CCN(c3nc(-c4ccc(F)cc4)cs3)CC2)cc1. The van der Waals surface area contributed by atoms with Crippen LogP contribution < -0.4 is 9.64 Å². The molecule has 0 saturated carbocycles. The molecule has 0 bridgehead atoms. The molecular formula is C20H20FN3O3S2. The van der Waals surface area contributed by atoms with Gasteiger partial charge in [0.15, 0.2) is 5.13 Å². The number of methoxy groups -OCH3 is 1. The van der Waals surface area contributed by atoms with Crippen LogP contribution in [0.5, 0.6) is 5.75 Å². The third-order valence-corrected chi connectivity index (χ3v) is 7.65. The van der Waals surface area contributed by atoms with Gasteiger partial charge in [-0.15, -0.1) is 11.3 Å². The van der Waals surface area contributed by atoms with Gasteiger partial charge in [-0.2, -0.15) is 4.31 Å². The molecule has 152 valence electrons. The van der Waals surface area contributed by atoms with E-state index in [1.165, 1.54) is 27.8 Å². The number of anilines is 1. The molecule has 3 aromatic rings. The number of halogens is 1. The first-order valence-corrected chi connectivity index (χ1v) is 11.4. The van der Waals surface area contributed by atoms with Gasteiger partial charge in [-0.05, 0) is 48.5 Å². The zero-order valence-electron chi connectivity index (χ0n) is 15.8. The van der Waals surface area contributed by atoms with Crippen molar-refractivity contribution in [2.75, 3.05) is 38.2 Å². The van der Waals surface area contributed by atoms with Gasteiger partial charge in [0.1, 0.15) is 11.6 Å². The minimum atomic E-state index is -3.54. The molecule has 0 spiro atoms. The van der Waals surface area contributed by atoms with E-state index in [-0.39, 0.29) is 10.7 Å². The first kappa shape index (κ1) is 19.8. The highest BCUT2D eigenvalue weighted by molar-refractivity contribution is 7.89. The summed E-state index contributed by atoms with van der Waals surface area (Å²) in [5, 5.41) is 2.77. The van der Waals surface area contributed by atoms with E-state index in [0.29, 0.717) is 31.9 Å². The van der Waals surface area contributed by atoms with Gasteiger partial charge in [0.05, 0.1) is 17.7 Å². The third-order valence-electron chi connectivity index (χ3n) is 4.84. The zero-order chi connectivity index (χ0) is 20.4. The van der Waals surface area contributed by atoms with Crippen LogP contribution in [-0.2, 0) is 10.0 Å². The molecule has 0 N–H and O–H groups in total. The number of rotatable bonds is 5. The van der Waals surface area contributed by atoms with Crippen molar-refractivity contribution in [3.63, 3.8) is 0 Å². The summed E-state index contributed by atoms with van der Waals surface area (Å²) in [7, 11) is -1.99. The van der Waals surface area contributed by atoms with Gasteiger partial charge < -0.3 is 9.64 Å². The second-order valence-electron chi connectivity index (χ2n) is 6.59. The summed E-state index contributed by atoms with van der Waals surface area (Å²) in [6.07, 6.45) is 0. The molecule has 2 aromatic carbocycles. The number of nitrogens with zero attached hydrogens (tertiary/aromatic N) is 3. The van der Waals surface area contributed by atoms with Gasteiger partial charge in [-0.25, -0.2) is 17.8 Å². The standard InChI is InChI=1S/C20H20FN3O3S2/c1-27-17-6-8-18(9-7-17)29(25,26)24-12-10-23(11-13-24)20-22-19(14-28-20)15-2-4-16(21)5-3-15/h2-9,14H,10-13H2,1H3. The number of thiazole rings is 1. The second-order valence-corrected chi connectivity index (χ2v) is 9.36. The lowest BCUT2D eigenvalue weighted by molar-refractivity contribution is 0.384. The summed E-state index contributed by atoms with van der Waals surface area (Å²) in [5.41, 5.74) is 1.65. The molecule has 2 heterocycles. The molecule has 0 radical (unpaired) electrons. The molecule has 1 aliphatic heterocycles. The maximum atomic E-state index is 13.1. The minimum absolute atomic E-state index is 0.264. The fourth-order valence-corrected chi connectivity index (χ4v) is 5.49. The van der Waals surface area contributed by atoms with E-state index in [1.807, 2.05) is 5.38 Å². The van der Waals surface area contributed by atoms with Crippen LogP contribution in [0.4, 0.5) is 9.52 Å². The lowest BCUT2D eigenvalue weighted by atomic mass is 10.2. The smallest absolute Gasteiger partial charge is 0.243 e. The van der Waals surface area contributed by atoms with Crippen LogP contribution in [0.15, 0.2) is 58.8 Å². The summed E-state index contributed by atoms with van der Waals surface area (Å²) in [5.74, 6) is 0.341. The van der Waals surface area contributed by atoms with Gasteiger partial charge in [-0.1, -0.05) is 0 Å². The Morgan fingerprint density at radius 1 is 1.00 bits per heavy atom. The summed E-state index contributed by atoms with van der Waals surface area (Å²) >= 11 is 1.50. The van der Waals surface area contributed by atoms with E-state index in [2.05, 4.69) is 9.88 Å². The molecule has 0 atom stereocenters. The van der Waals surface area contributed by atoms with Crippen molar-refractivity contribution < 1.29 is 17.5 Å². The molecule has 4 rings (SSSR count). The summed E-state index contributed by atoms with van der Waals surface area (Å²) < 4.78 is 45.4. The molecule has 9 heteroatoms. The largest absolute Gasteiger partial charge is 0.497 e. The van der Waals surface area contributed by atoms with Gasteiger partial charge in [0.25, 0.3) is 0 Å². The minimum Gasteiger partial charge on any atom is -0.497 e. The number of sulfonamides is 1. The number of piperazine rings is 1. The Balaban J connectivity index is 1.43. The van der Waals surface area contributed by atoms with Crippen LogP contribution in [0.3, 0.4) is 0 Å². The fraction of sp³-hybridized carbons (Fsp3) is 0.250. The first-order valence-electron chi connectivity index (χ1n) is 9.08. The Morgan fingerprint density at radius 2 is 1.66 bits per heavy atom. The molecule has 1 saturated heterocycles. The van der Waals surface area contributed by atoms with Crippen molar-refractivity contribution >= 4 is 26.5 Å². The Bertz CT molecular complexity index is 1070. The highest BCUT2D eigenvalue weighted by Crippen LogP contribution is 2.29. The van der Waals surface area contributed by atoms with Crippen LogP contribution >= 0.6 is 11.3 Å². The molecule has 1 fully saturated rings. The van der Waals surface area contributed by atoms with E-state index in [0.717, 1.165) is 16.4 Å². The Kier molecular flexibility index (Phi) is 5.53. The van der Waals surface area contributed by atoms with Gasteiger partial charge >= 0.3 is 0 Å². The van der Waals surface area contributed by atoms with Crippen molar-refractivity contribution in [1.82, 2.24) is 9.29 Å². The lowest BCUT2D eigenvalue weighted by Crippen LogP contribution is -2.48. The van der Waals surface area contributed by atoms with Crippen LogP contribution in [0.25, 0.3) is 11.3 Å². The summed E-state index contributed by atoms with van der Waals surface area (Å²) in [6.45, 7) is 1.90. The Morgan fingerprint density at radius 3 is 2.28 bits per heavy atom. The van der Waals surface area contributed by atoms with E-state index >= 15 is 0 Å². The van der Waals surface area contributed by atoms with Crippen LogP contribution in [0.1, 0.15) is 0 Å². The van der Waals surface area contributed by atoms with Crippen molar-refractivity contribution in [3.05, 3.63) is 59.7 Å². The Hall–Kier alpha value is -2.49. The van der Waals surface area contributed by atoms with Gasteiger partial charge in [-0.3, -0.25) is 0 Å². The third kappa shape index (κ3) is 4.12. The average molecular weight is 434 g/mol. The normalized spacial score (nSPS) is 15.4. The molecule has 0 amide bonds. The maximum absolute atomic E-state index is 13.1. The van der Waals surface area contributed by atoms with Crippen molar-refractivity contribution in [3.8, 4) is 17.0 Å². The second kappa shape index (κ2) is 8.10. The monoisotopic (exact) mass is 433 g/mol. The van der Waals surface area contributed by atoms with Gasteiger partial charge in [0.2, 0.25) is 10.0 Å². The van der Waals surface area contributed by atoms with Crippen molar-refractivity contribution in [2.45, 2.75) is 4.90 Å². The molecule has 0 aliphatic carbocycles. The van der Waals surface area contributed by atoms with E-state index in [9.17, 15) is 12.8 Å². The average Bonchev–Trinajstić information content (AvgIpc) is 3.24. The zero-order valence-corrected chi connectivity index (χ0v) is 17.4. The molecule has 6 nitrogen and oxygen atoms in total. The predicted molar refractivity (Wildman–Crippen MR) is 111 cm³/mol. The maximum Gasteiger partial charge on any atom is 0.243 e. The molecule has 0 unspecified atom stereocenters. The van der Waals surface area contributed by atoms with E-state index in [4.69, 9.17) is 4.74 Å². The lowest BCUT2D eigenvalue weighted by Gasteiger charge is -2.33. The van der Waals surface area contributed by atoms with Crippen LogP contribution in [0.2, 0.25) is 0 Å². The highest BCUT2D eigenvalue weighted by atomic mass is 32.2. The van der Waals surface area contributed by atoms with E-state index < -0.39 is 10.0 Å². The van der Waals surface area contributed by atoms with Crippen LogP contribution in [0, 0.1) is 5.82 Å². The quantitative estimate of drug-likeness (QED) is 0.617. The summed E-state index contributed by atoms with van der Waals surface area (Å²) in [4.78, 5) is 6.98.